The number of fused-ring (bicyclic) bond motifs is 7. The zero-order valence-corrected chi connectivity index (χ0v) is 49.5. The number of aliphatic imine (C=N–C) groups is 2. The quantitative estimate of drug-likeness (QED) is 0.0675. The van der Waals surface area contributed by atoms with Crippen LogP contribution in [0.1, 0.15) is 173 Å². The number of amidine groups is 1. The third-order valence-electron chi connectivity index (χ3n) is 16.9. The number of hydrogen-bond acceptors (Lipinski definition) is 5. The molecule has 6 aromatic carbocycles. The number of aromatic nitrogens is 2. The van der Waals surface area contributed by atoms with Crippen LogP contribution in [-0.4, -0.2) is 26.2 Å². The minimum Gasteiger partial charge on any atom is -0.308 e. The molecule has 0 radical (unpaired) electrons. The molecule has 0 bridgehead atoms. The van der Waals surface area contributed by atoms with Crippen LogP contribution in [-0.2, 0) is 28.1 Å². The van der Waals surface area contributed by atoms with Gasteiger partial charge in [0, 0.05) is 61.8 Å². The van der Waals surface area contributed by atoms with Crippen molar-refractivity contribution < 1.29 is 0 Å². The van der Waals surface area contributed by atoms with Gasteiger partial charge in [-0.05, 0) is 123 Å². The van der Waals surface area contributed by atoms with E-state index in [-0.39, 0.29) is 38.4 Å². The molecule has 1 N–H and O–H groups in total. The predicted molar refractivity (Wildman–Crippen MR) is 341 cm³/mol. The second-order valence-corrected chi connectivity index (χ2v) is 26.7. The molecule has 1 atom stereocenters. The summed E-state index contributed by atoms with van der Waals surface area (Å²) in [5.74, 6) is 0.496. The molecule has 11 rings (SSSR count). The summed E-state index contributed by atoms with van der Waals surface area (Å²) in [7, 11) is 0. The molecule has 3 aromatic heterocycles. The Morgan fingerprint density at radius 3 is 1.68 bits per heavy atom. The van der Waals surface area contributed by atoms with Gasteiger partial charge in [-0.2, -0.15) is 0 Å². The van der Waals surface area contributed by atoms with Crippen LogP contribution in [0.25, 0.3) is 66.0 Å². The van der Waals surface area contributed by atoms with Crippen LogP contribution in [0.3, 0.4) is 0 Å². The van der Waals surface area contributed by atoms with Crippen LogP contribution in [0.2, 0.25) is 0 Å². The Morgan fingerprint density at radius 1 is 0.600 bits per heavy atom. The molecule has 80 heavy (non-hydrogen) atoms. The molecule has 1 unspecified atom stereocenters. The highest BCUT2D eigenvalue weighted by Crippen LogP contribution is 2.43. The zero-order valence-electron chi connectivity index (χ0n) is 49.5. The van der Waals surface area contributed by atoms with E-state index in [9.17, 15) is 5.41 Å². The zero-order chi connectivity index (χ0) is 57.0. The molecular weight excluding hydrogens is 979 g/mol. The van der Waals surface area contributed by atoms with Crippen LogP contribution in [0.4, 0.5) is 0 Å². The van der Waals surface area contributed by atoms with Crippen LogP contribution >= 0.6 is 0 Å². The van der Waals surface area contributed by atoms with Crippen LogP contribution in [0.5, 0.6) is 0 Å². The molecule has 1 aliphatic carbocycles. The average molecular weight is 1060 g/mol. The van der Waals surface area contributed by atoms with Crippen molar-refractivity contribution in [3.8, 4) is 5.69 Å². The Morgan fingerprint density at radius 2 is 1.14 bits per heavy atom. The summed E-state index contributed by atoms with van der Waals surface area (Å²) >= 11 is 0. The minimum atomic E-state index is -0.222. The minimum absolute atomic E-state index is 0.0151. The highest BCUT2D eigenvalue weighted by molar-refractivity contribution is 6.30. The Labute approximate surface area is 472 Å². The maximum atomic E-state index is 15.7. The van der Waals surface area contributed by atoms with Gasteiger partial charge in [0.1, 0.15) is 0 Å². The second-order valence-electron chi connectivity index (χ2n) is 26.7. The molecule has 7 nitrogen and oxygen atoms in total. The number of rotatable bonds is 9. The van der Waals surface area contributed by atoms with Crippen molar-refractivity contribution in [1.82, 2.24) is 8.97 Å². The third kappa shape index (κ3) is 9.50. The molecule has 0 saturated carbocycles. The predicted octanol–water partition coefficient (Wildman–Crippen LogP) is 17.7. The van der Waals surface area contributed by atoms with Crippen LogP contribution in [0.15, 0.2) is 159 Å². The molecule has 4 heterocycles. The first kappa shape index (κ1) is 54.2. The van der Waals surface area contributed by atoms with Gasteiger partial charge < -0.3 is 14.4 Å². The highest BCUT2D eigenvalue weighted by atomic mass is 16.1. The molecule has 1 aliphatic heterocycles. The third-order valence-corrected chi connectivity index (χ3v) is 16.9. The average Bonchev–Trinajstić information content (AvgIpc) is 3.81. The van der Waals surface area contributed by atoms with Gasteiger partial charge in [0.15, 0.2) is 16.7 Å². The first-order valence-electron chi connectivity index (χ1n) is 28.9. The number of para-hydroxylation sites is 1. The Kier molecular flexibility index (Phi) is 13.4. The molecule has 0 saturated heterocycles. The SMILES string of the molecule is CC/C=C\CC(C)C(=N)c1cccc2c3c(n(-c4cc5c(=O)c6cc(C(C)(C)C)ccc6n6c7ccc(C(C)(C)C)cc7c(=O)c(c4)c56)c12)C(C1=NC(c2ccc(C(C)(C)C)cc2)=CCC(c2ccc(C(C)(C)C)cc2)=N1)=CCC3. The van der Waals surface area contributed by atoms with Crippen LogP contribution < -0.4 is 10.9 Å². The fourth-order valence-corrected chi connectivity index (χ4v) is 12.0. The standard InChI is InChI=1S/C73H77N5O2/c1-15-16-17-20-43(2)63(74)53-23-18-21-51-52-22-19-24-54(69-75-59(44-25-29-46(30-26-44)70(3,4)5)35-36-60(76-69)45-27-31-47(32-28-45)71(6,7)8)65(52)77(64(51)53)50-41-57-66-58(42-50)68(80)56-40-49(73(12,13)14)34-38-62(56)78(66)61-37-33-48(72(9,10)11)39-55(61)67(57)79/h16-18,21,23-35,37-43,74H,15,19-20,22,36H2,1-14H3/b17-16-,74-63?. The number of pyridine rings is 2. The van der Waals surface area contributed by atoms with Gasteiger partial charge in [0.2, 0.25) is 0 Å². The summed E-state index contributed by atoms with van der Waals surface area (Å²) in [6, 6.07) is 40.5. The topological polar surface area (TPSA) is 92.1 Å². The number of aryl methyl sites for hydroxylation is 1. The maximum absolute atomic E-state index is 15.7. The van der Waals surface area contributed by atoms with Gasteiger partial charge in [-0.15, -0.1) is 0 Å². The van der Waals surface area contributed by atoms with E-state index in [0.29, 0.717) is 50.7 Å². The summed E-state index contributed by atoms with van der Waals surface area (Å²) in [5.41, 5.74) is 15.6. The van der Waals surface area contributed by atoms with Gasteiger partial charge in [-0.3, -0.25) is 9.59 Å². The molecular formula is C73H77N5O2. The lowest BCUT2D eigenvalue weighted by Crippen LogP contribution is -2.18. The van der Waals surface area contributed by atoms with Crippen molar-refractivity contribution in [1.29, 1.82) is 5.41 Å². The van der Waals surface area contributed by atoms with E-state index >= 15 is 9.59 Å². The van der Waals surface area contributed by atoms with Gasteiger partial charge in [-0.1, -0.05) is 200 Å². The molecule has 9 aromatic rings. The molecule has 0 fully saturated rings. The summed E-state index contributed by atoms with van der Waals surface area (Å²) in [4.78, 5) is 42.7. The Hall–Kier alpha value is -7.77. The van der Waals surface area contributed by atoms with E-state index in [4.69, 9.17) is 9.98 Å². The van der Waals surface area contributed by atoms with Crippen LogP contribution in [0, 0.1) is 11.3 Å². The van der Waals surface area contributed by atoms with Gasteiger partial charge >= 0.3 is 0 Å². The monoisotopic (exact) mass is 1060 g/mol. The lowest BCUT2D eigenvalue weighted by atomic mass is 9.85. The van der Waals surface area contributed by atoms with Gasteiger partial charge in [0.05, 0.1) is 39.2 Å². The van der Waals surface area contributed by atoms with E-state index in [1.807, 2.05) is 12.1 Å². The number of allylic oxidation sites excluding steroid dienone is 4. The number of nitrogens with zero attached hydrogens (tertiary/aromatic N) is 4. The molecule has 0 spiro atoms. The smallest absolute Gasteiger partial charge is 0.197 e. The summed E-state index contributed by atoms with van der Waals surface area (Å²) in [6.45, 7) is 30.7. The first-order chi connectivity index (χ1) is 37.8. The van der Waals surface area contributed by atoms with Crippen molar-refractivity contribution in [2.24, 2.45) is 15.9 Å². The Balaban J connectivity index is 1.25. The van der Waals surface area contributed by atoms with Gasteiger partial charge in [-0.25, -0.2) is 9.98 Å². The van der Waals surface area contributed by atoms with Crippen molar-refractivity contribution in [3.63, 3.8) is 0 Å². The van der Waals surface area contributed by atoms with E-state index < -0.39 is 0 Å². The fourth-order valence-electron chi connectivity index (χ4n) is 12.0. The van der Waals surface area contributed by atoms with Crippen molar-refractivity contribution in [2.45, 2.75) is 151 Å². The fraction of sp³-hybridized carbons (Fsp3) is 0.329. The summed E-state index contributed by atoms with van der Waals surface area (Å²) in [6.07, 6.45) is 12.5. The van der Waals surface area contributed by atoms with E-state index in [0.717, 1.165) is 104 Å². The number of benzene rings is 6. The normalized spacial score (nSPS) is 15.2. The van der Waals surface area contributed by atoms with E-state index in [2.05, 4.69) is 233 Å². The summed E-state index contributed by atoms with van der Waals surface area (Å²) in [5, 5.41) is 13.2. The van der Waals surface area contributed by atoms with Gasteiger partial charge in [0.25, 0.3) is 0 Å². The molecule has 2 aliphatic rings. The van der Waals surface area contributed by atoms with Crippen molar-refractivity contribution >= 4 is 77.5 Å². The van der Waals surface area contributed by atoms with Crippen molar-refractivity contribution in [2.75, 3.05) is 0 Å². The molecule has 0 amide bonds. The summed E-state index contributed by atoms with van der Waals surface area (Å²) < 4.78 is 4.43. The van der Waals surface area contributed by atoms with Crippen molar-refractivity contribution in [3.05, 3.63) is 210 Å². The first-order valence-corrected chi connectivity index (χ1v) is 28.9. The number of nitrogens with one attached hydrogen (secondary N) is 1. The highest BCUT2D eigenvalue weighted by Gasteiger charge is 2.32. The lowest BCUT2D eigenvalue weighted by molar-refractivity contribution is 0.590. The largest absolute Gasteiger partial charge is 0.308 e. The Bertz CT molecular complexity index is 4170. The van der Waals surface area contributed by atoms with E-state index in [1.165, 1.54) is 11.1 Å². The van der Waals surface area contributed by atoms with E-state index in [1.54, 1.807) is 0 Å². The molecule has 7 heteroatoms. The number of hydrogen-bond donors (Lipinski definition) is 1. The lowest BCUT2D eigenvalue weighted by Gasteiger charge is -2.23. The second kappa shape index (κ2) is 19.8. The maximum Gasteiger partial charge on any atom is 0.197 e. The molecule has 406 valence electrons.